The molecule has 4 rings (SSSR count). The second kappa shape index (κ2) is 12.8. The fourth-order valence-corrected chi connectivity index (χ4v) is 4.47. The van der Waals surface area contributed by atoms with Gasteiger partial charge in [-0.1, -0.05) is 35.9 Å². The van der Waals surface area contributed by atoms with Crippen LogP contribution in [0.3, 0.4) is 0 Å². The summed E-state index contributed by atoms with van der Waals surface area (Å²) >= 11 is 5.98. The molecule has 44 heavy (non-hydrogen) atoms. The van der Waals surface area contributed by atoms with Crippen molar-refractivity contribution in [2.45, 2.75) is 25.3 Å². The highest BCUT2D eigenvalue weighted by molar-refractivity contribution is 6.31. The van der Waals surface area contributed by atoms with Gasteiger partial charge in [-0.05, 0) is 77.6 Å². The molecule has 2 nitrogen and oxygen atoms in total. The molecule has 0 unspecified atom stereocenters. The van der Waals surface area contributed by atoms with E-state index < -0.39 is 75.0 Å². The Labute approximate surface area is 246 Å². The van der Waals surface area contributed by atoms with Crippen molar-refractivity contribution >= 4 is 11.6 Å². The summed E-state index contributed by atoms with van der Waals surface area (Å²) in [5.74, 6) is -9.09. The van der Waals surface area contributed by atoms with E-state index in [2.05, 4.69) is 9.47 Å². The molecule has 232 valence electrons. The lowest BCUT2D eigenvalue weighted by molar-refractivity contribution is -0.276. The largest absolute Gasteiger partial charge is 0.573 e. The van der Waals surface area contributed by atoms with Crippen molar-refractivity contribution in [3.05, 3.63) is 118 Å². The first-order chi connectivity index (χ1) is 20.5. The number of hydrogen-bond acceptors (Lipinski definition) is 2. The van der Waals surface area contributed by atoms with Crippen LogP contribution in [0, 0.1) is 23.3 Å². The summed E-state index contributed by atoms with van der Waals surface area (Å²) in [5.41, 5.74) is -1.39. The van der Waals surface area contributed by atoms with E-state index in [0.717, 1.165) is 30.3 Å². The molecule has 0 aromatic heterocycles. The molecule has 0 bridgehead atoms. The van der Waals surface area contributed by atoms with E-state index in [1.807, 2.05) is 0 Å². The molecule has 0 saturated heterocycles. The minimum Gasteiger partial charge on any atom is -0.429 e. The number of hydrogen-bond donors (Lipinski definition) is 0. The van der Waals surface area contributed by atoms with Crippen LogP contribution in [0.15, 0.2) is 78.9 Å². The molecule has 0 aliphatic heterocycles. The summed E-state index contributed by atoms with van der Waals surface area (Å²) in [7, 11) is 0. The predicted molar refractivity (Wildman–Crippen MR) is 138 cm³/mol. The second-order valence-corrected chi connectivity index (χ2v) is 9.53. The van der Waals surface area contributed by atoms with Gasteiger partial charge in [0.2, 0.25) is 5.75 Å². The zero-order valence-electron chi connectivity index (χ0n) is 21.7. The predicted octanol–water partition coefficient (Wildman–Crippen LogP) is 11.0. The Morgan fingerprint density at radius 1 is 0.682 bits per heavy atom. The van der Waals surface area contributed by atoms with E-state index in [9.17, 15) is 39.5 Å². The van der Waals surface area contributed by atoms with Gasteiger partial charge in [0.05, 0.1) is 5.02 Å². The van der Waals surface area contributed by atoms with Gasteiger partial charge in [-0.15, -0.1) is 13.2 Å². The topological polar surface area (TPSA) is 18.5 Å². The first-order valence-corrected chi connectivity index (χ1v) is 12.6. The Balaban J connectivity index is 1.55. The van der Waals surface area contributed by atoms with Gasteiger partial charge in [0.15, 0.2) is 11.6 Å². The van der Waals surface area contributed by atoms with Crippen molar-refractivity contribution in [1.82, 2.24) is 0 Å². The van der Waals surface area contributed by atoms with Crippen LogP contribution in [0.5, 0.6) is 11.5 Å². The van der Waals surface area contributed by atoms with E-state index in [-0.39, 0.29) is 12.0 Å². The minimum atomic E-state index is -5.41. The average Bonchev–Trinajstić information content (AvgIpc) is 2.89. The number of halogens is 12. The van der Waals surface area contributed by atoms with Crippen molar-refractivity contribution in [2.75, 3.05) is 0 Å². The first-order valence-electron chi connectivity index (χ1n) is 12.3. The van der Waals surface area contributed by atoms with Gasteiger partial charge in [-0.25, -0.2) is 17.6 Å². The third kappa shape index (κ3) is 7.81. The number of ether oxygens (including phenoxy) is 2. The summed E-state index contributed by atoms with van der Waals surface area (Å²) in [5, 5.41) is -0.748. The number of aryl methyl sites for hydroxylation is 1. The minimum absolute atomic E-state index is 0.0868. The third-order valence-electron chi connectivity index (χ3n) is 6.07. The van der Waals surface area contributed by atoms with Gasteiger partial charge in [-0.3, -0.25) is 0 Å². The highest BCUT2D eigenvalue weighted by atomic mass is 35.5. The van der Waals surface area contributed by atoms with Gasteiger partial charge in [-0.2, -0.15) is 17.6 Å². The van der Waals surface area contributed by atoms with Gasteiger partial charge in [0.1, 0.15) is 22.9 Å². The van der Waals surface area contributed by atoms with Gasteiger partial charge in [0.25, 0.3) is 6.08 Å². The molecule has 0 N–H and O–H groups in total. The zero-order valence-corrected chi connectivity index (χ0v) is 22.5. The Bertz CT molecular complexity index is 1650. The molecular formula is C30H16ClF11O2. The summed E-state index contributed by atoms with van der Waals surface area (Å²) in [6, 6.07) is 10.6. The van der Waals surface area contributed by atoms with Crippen LogP contribution >= 0.6 is 11.6 Å². The number of benzene rings is 4. The van der Waals surface area contributed by atoms with Gasteiger partial charge in [0, 0.05) is 11.6 Å². The van der Waals surface area contributed by atoms with Crippen molar-refractivity contribution < 1.29 is 57.8 Å². The van der Waals surface area contributed by atoms with E-state index in [1.54, 1.807) is 12.1 Å². The van der Waals surface area contributed by atoms with Gasteiger partial charge < -0.3 is 9.47 Å². The highest BCUT2D eigenvalue weighted by Gasteiger charge is 2.40. The summed E-state index contributed by atoms with van der Waals surface area (Å²) in [4.78, 5) is 0. The lowest BCUT2D eigenvalue weighted by Crippen LogP contribution is -2.24. The third-order valence-corrected chi connectivity index (χ3v) is 6.36. The van der Waals surface area contributed by atoms with E-state index in [0.29, 0.717) is 35.7 Å². The molecule has 4 aromatic rings. The van der Waals surface area contributed by atoms with Crippen LogP contribution in [-0.4, -0.2) is 6.36 Å². The second-order valence-electron chi connectivity index (χ2n) is 9.12. The maximum absolute atomic E-state index is 15.0. The fourth-order valence-electron chi connectivity index (χ4n) is 4.15. The van der Waals surface area contributed by atoms with Crippen LogP contribution in [0.25, 0.3) is 22.3 Å². The molecule has 0 atom stereocenters. The molecule has 0 aliphatic carbocycles. The Hall–Kier alpha value is -4.26. The Kier molecular flexibility index (Phi) is 9.47. The SMILES string of the molecule is FC(F)=CCCc1ccc(-c2cc(F)c(C(F)(F)Oc3ccc(-c4cc(F)c(OC(F)(F)F)c(F)c4)c(F)c3)c(Cl)c2)cc1. The van der Waals surface area contributed by atoms with Gasteiger partial charge >= 0.3 is 12.5 Å². The number of rotatable bonds is 9. The van der Waals surface area contributed by atoms with E-state index in [4.69, 9.17) is 11.6 Å². The van der Waals surface area contributed by atoms with Crippen LogP contribution in [0.2, 0.25) is 5.02 Å². The molecule has 0 heterocycles. The molecular weight excluding hydrogens is 637 g/mol. The fraction of sp³-hybridized carbons (Fsp3) is 0.133. The van der Waals surface area contributed by atoms with Crippen molar-refractivity contribution in [3.8, 4) is 33.8 Å². The summed E-state index contributed by atoms with van der Waals surface area (Å²) < 4.78 is 157. The molecule has 0 fully saturated rings. The standard InChI is InChI=1S/C30H16ClF11O2/c31-21-10-17(16-6-4-15(5-7-16)2-1-3-26(36)37)11-23(33)27(21)29(38,39)43-19-8-9-20(22(32)14-19)18-12-24(34)28(25(35)13-18)44-30(40,41)42/h3-14H,1-2H2. The summed E-state index contributed by atoms with van der Waals surface area (Å²) in [6.45, 7) is 0. The quantitative estimate of drug-likeness (QED) is 0.168. The normalized spacial score (nSPS) is 11.8. The molecule has 0 saturated carbocycles. The summed E-state index contributed by atoms with van der Waals surface area (Å²) in [6.07, 6.45) is -10.5. The molecule has 0 aliphatic rings. The molecule has 0 amide bonds. The zero-order chi connectivity index (χ0) is 32.4. The van der Waals surface area contributed by atoms with Crippen molar-refractivity contribution in [1.29, 1.82) is 0 Å². The number of alkyl halides is 5. The van der Waals surface area contributed by atoms with E-state index in [1.165, 1.54) is 12.1 Å². The van der Waals surface area contributed by atoms with Crippen LogP contribution in [-0.2, 0) is 12.5 Å². The van der Waals surface area contributed by atoms with Crippen LogP contribution in [0.1, 0.15) is 17.5 Å². The Morgan fingerprint density at radius 2 is 1.30 bits per heavy atom. The Morgan fingerprint density at radius 3 is 1.84 bits per heavy atom. The van der Waals surface area contributed by atoms with Crippen LogP contribution < -0.4 is 9.47 Å². The molecule has 0 radical (unpaired) electrons. The van der Waals surface area contributed by atoms with Crippen LogP contribution in [0.4, 0.5) is 48.3 Å². The van der Waals surface area contributed by atoms with Crippen molar-refractivity contribution in [2.24, 2.45) is 0 Å². The first kappa shape index (κ1) is 32.6. The monoisotopic (exact) mass is 652 g/mol. The average molecular weight is 653 g/mol. The smallest absolute Gasteiger partial charge is 0.429 e. The highest BCUT2D eigenvalue weighted by Crippen LogP contribution is 2.41. The maximum atomic E-state index is 15.0. The van der Waals surface area contributed by atoms with Crippen molar-refractivity contribution in [3.63, 3.8) is 0 Å². The van der Waals surface area contributed by atoms with E-state index >= 15 is 8.78 Å². The number of allylic oxidation sites excluding steroid dienone is 1. The molecule has 0 spiro atoms. The molecule has 14 heteroatoms. The lowest BCUT2D eigenvalue weighted by atomic mass is 10.00. The maximum Gasteiger partial charge on any atom is 0.573 e. The lowest BCUT2D eigenvalue weighted by Gasteiger charge is -2.21. The molecule has 4 aromatic carbocycles.